The van der Waals surface area contributed by atoms with Crippen molar-refractivity contribution in [2.75, 3.05) is 0 Å². The van der Waals surface area contributed by atoms with Crippen LogP contribution in [0.15, 0.2) is 12.1 Å². The van der Waals surface area contributed by atoms with Gasteiger partial charge in [0.25, 0.3) is 0 Å². The Hall–Kier alpha value is -1.73. The van der Waals surface area contributed by atoms with Crippen molar-refractivity contribution in [2.24, 2.45) is 0 Å². The van der Waals surface area contributed by atoms with Gasteiger partial charge in [0.05, 0.1) is 12.2 Å². The normalized spacial score (nSPS) is 15.1. The Morgan fingerprint density at radius 1 is 1.53 bits per heavy atom. The number of halogens is 1. The molecule has 0 aromatic heterocycles. The molecule has 0 saturated carbocycles. The predicted octanol–water partition coefficient (Wildman–Crippen LogP) is 0.178. The number of esters is 1. The maximum absolute atomic E-state index is 13.8. The molecule has 1 aromatic carbocycles. The summed E-state index contributed by atoms with van der Waals surface area (Å²) in [6.07, 6.45) is -0.943. The highest BCUT2D eigenvalue weighted by Gasteiger charge is 2.30. The average Bonchev–Trinajstić information content (AvgIpc) is 2.69. The van der Waals surface area contributed by atoms with E-state index >= 15 is 0 Å². The van der Waals surface area contributed by atoms with Gasteiger partial charge in [-0.1, -0.05) is 0 Å². The van der Waals surface area contributed by atoms with Crippen molar-refractivity contribution in [3.05, 3.63) is 29.1 Å². The van der Waals surface area contributed by atoms with Crippen LogP contribution in [0.3, 0.4) is 0 Å². The molecule has 0 spiro atoms. The first-order valence-corrected chi connectivity index (χ1v) is 5.73. The minimum absolute atomic E-state index is 0.0899. The molecule has 0 saturated heterocycles. The zero-order chi connectivity index (χ0) is 14.2. The quantitative estimate of drug-likeness (QED) is 0.624. The van der Waals surface area contributed by atoms with Crippen molar-refractivity contribution in [3.8, 4) is 0 Å². The molecule has 0 fully saturated rings. The average molecular weight is 266 g/mol. The number of ether oxygens (including phenoxy) is 1. The van der Waals surface area contributed by atoms with Gasteiger partial charge in [-0.25, -0.2) is 9.18 Å². The summed E-state index contributed by atoms with van der Waals surface area (Å²) in [5, 5.41) is 9.50. The molecule has 2 rings (SSSR count). The van der Waals surface area contributed by atoms with Crippen LogP contribution in [0.1, 0.15) is 29.8 Å². The van der Waals surface area contributed by atoms with Gasteiger partial charge in [0, 0.05) is 0 Å². The van der Waals surface area contributed by atoms with Crippen LogP contribution in [0, 0.1) is 5.82 Å². The lowest BCUT2D eigenvalue weighted by atomic mass is 9.78. The Morgan fingerprint density at radius 3 is 2.84 bits per heavy atom. The molecular formula is C12H12BFO5. The van der Waals surface area contributed by atoms with Crippen molar-refractivity contribution in [1.82, 2.24) is 0 Å². The largest absolute Gasteiger partial charge is 0.491 e. The second-order valence-corrected chi connectivity index (χ2v) is 4.35. The minimum Gasteiger partial charge on any atom is -0.451 e. The fraction of sp³-hybridized carbons (Fsp3) is 0.333. The van der Waals surface area contributed by atoms with Crippen LogP contribution < -0.4 is 5.46 Å². The molecule has 0 aliphatic carbocycles. The second-order valence-electron chi connectivity index (χ2n) is 4.35. The van der Waals surface area contributed by atoms with Crippen LogP contribution in [0.5, 0.6) is 0 Å². The van der Waals surface area contributed by atoms with E-state index in [2.05, 4.69) is 0 Å². The summed E-state index contributed by atoms with van der Waals surface area (Å²) in [5.41, 5.74) is 0.501. The zero-order valence-electron chi connectivity index (χ0n) is 10.5. The standard InChI is InChI=1S/C12H12BFO5/c1-6(15)7(2)19-12(16)9-4-10-8(3-11(9)14)5-18-13(10)17/h3-4,7,17H,5H2,1-2H3. The molecule has 1 aliphatic heterocycles. The van der Waals surface area contributed by atoms with Gasteiger partial charge in [0.1, 0.15) is 5.82 Å². The maximum Gasteiger partial charge on any atom is 0.491 e. The molecule has 1 N–H and O–H groups in total. The molecule has 5 nitrogen and oxygen atoms in total. The maximum atomic E-state index is 13.8. The summed E-state index contributed by atoms with van der Waals surface area (Å²) in [4.78, 5) is 22.8. The summed E-state index contributed by atoms with van der Waals surface area (Å²) in [5.74, 6) is -2.04. The van der Waals surface area contributed by atoms with Crippen LogP contribution in [-0.4, -0.2) is 30.0 Å². The summed E-state index contributed by atoms with van der Waals surface area (Å²) in [6, 6.07) is 2.32. The summed E-state index contributed by atoms with van der Waals surface area (Å²) in [7, 11) is -1.17. The summed E-state index contributed by atoms with van der Waals surface area (Å²) >= 11 is 0. The van der Waals surface area contributed by atoms with Gasteiger partial charge in [0.2, 0.25) is 0 Å². The number of ketones is 1. The van der Waals surface area contributed by atoms with Gasteiger partial charge in [-0.15, -0.1) is 0 Å². The molecule has 100 valence electrons. The van der Waals surface area contributed by atoms with Gasteiger partial charge < -0.3 is 14.4 Å². The van der Waals surface area contributed by atoms with Crippen molar-refractivity contribution >= 4 is 24.3 Å². The highest BCUT2D eigenvalue weighted by atomic mass is 19.1. The Balaban J connectivity index is 2.28. The van der Waals surface area contributed by atoms with Crippen molar-refractivity contribution in [3.63, 3.8) is 0 Å². The molecule has 1 aliphatic rings. The molecule has 0 bridgehead atoms. The highest BCUT2D eigenvalue weighted by molar-refractivity contribution is 6.61. The number of benzene rings is 1. The third kappa shape index (κ3) is 2.67. The smallest absolute Gasteiger partial charge is 0.451 e. The van der Waals surface area contributed by atoms with E-state index < -0.39 is 25.0 Å². The van der Waals surface area contributed by atoms with Crippen molar-refractivity contribution < 1.29 is 28.4 Å². The topological polar surface area (TPSA) is 72.8 Å². The first-order chi connectivity index (χ1) is 8.90. The molecule has 0 radical (unpaired) electrons. The minimum atomic E-state index is -1.17. The van der Waals surface area contributed by atoms with Crippen LogP contribution >= 0.6 is 0 Å². The SMILES string of the molecule is CC(=O)C(C)OC(=O)c1cc2c(cc1F)COB2O. The van der Waals surface area contributed by atoms with E-state index in [1.54, 1.807) is 0 Å². The van der Waals surface area contributed by atoms with E-state index in [-0.39, 0.29) is 18.0 Å². The van der Waals surface area contributed by atoms with Crippen LogP contribution in [0.25, 0.3) is 0 Å². The third-order valence-corrected chi connectivity index (χ3v) is 2.97. The second kappa shape index (κ2) is 5.10. The molecule has 1 aromatic rings. The van der Waals surface area contributed by atoms with Gasteiger partial charge in [0.15, 0.2) is 11.9 Å². The Kier molecular flexibility index (Phi) is 3.68. The van der Waals surface area contributed by atoms with Crippen LogP contribution in [0.2, 0.25) is 0 Å². The van der Waals surface area contributed by atoms with Gasteiger partial charge in [-0.2, -0.15) is 0 Å². The Labute approximate surface area is 109 Å². The molecule has 1 atom stereocenters. The lowest BCUT2D eigenvalue weighted by Crippen LogP contribution is -2.30. The van der Waals surface area contributed by atoms with Crippen molar-refractivity contribution in [1.29, 1.82) is 0 Å². The van der Waals surface area contributed by atoms with E-state index in [1.807, 2.05) is 0 Å². The molecular weight excluding hydrogens is 254 g/mol. The van der Waals surface area contributed by atoms with Gasteiger partial charge in [-0.3, -0.25) is 4.79 Å². The van der Waals surface area contributed by atoms with Crippen molar-refractivity contribution in [2.45, 2.75) is 26.6 Å². The number of carbonyl (C=O) groups excluding carboxylic acids is 2. The van der Waals surface area contributed by atoms with E-state index in [1.165, 1.54) is 19.9 Å². The first kappa shape index (κ1) is 13.7. The fourth-order valence-electron chi connectivity index (χ4n) is 1.71. The predicted molar refractivity (Wildman–Crippen MR) is 64.4 cm³/mol. The molecule has 0 amide bonds. The third-order valence-electron chi connectivity index (χ3n) is 2.97. The Morgan fingerprint density at radius 2 is 2.21 bits per heavy atom. The molecule has 1 unspecified atom stereocenters. The number of Topliss-reactive ketones (excluding diaryl/α,β-unsaturated/α-hetero) is 1. The zero-order valence-corrected chi connectivity index (χ0v) is 10.5. The monoisotopic (exact) mass is 266 g/mol. The number of hydrogen-bond donors (Lipinski definition) is 1. The number of carbonyl (C=O) groups is 2. The van der Waals surface area contributed by atoms with E-state index in [9.17, 15) is 19.0 Å². The van der Waals surface area contributed by atoms with E-state index in [0.717, 1.165) is 6.07 Å². The van der Waals surface area contributed by atoms with E-state index in [0.29, 0.717) is 11.0 Å². The Bertz CT molecular complexity index is 545. The summed E-state index contributed by atoms with van der Waals surface area (Å²) < 4.78 is 23.5. The van der Waals surface area contributed by atoms with Gasteiger partial charge >= 0.3 is 13.1 Å². The molecule has 19 heavy (non-hydrogen) atoms. The summed E-state index contributed by atoms with van der Waals surface area (Å²) in [6.45, 7) is 2.77. The first-order valence-electron chi connectivity index (χ1n) is 5.73. The number of rotatable bonds is 3. The lowest BCUT2D eigenvalue weighted by molar-refractivity contribution is -0.124. The molecule has 1 heterocycles. The lowest BCUT2D eigenvalue weighted by Gasteiger charge is -2.11. The highest BCUT2D eigenvalue weighted by Crippen LogP contribution is 2.16. The van der Waals surface area contributed by atoms with Crippen LogP contribution in [-0.2, 0) is 20.8 Å². The van der Waals surface area contributed by atoms with E-state index in [4.69, 9.17) is 9.39 Å². The fourth-order valence-corrected chi connectivity index (χ4v) is 1.71. The van der Waals surface area contributed by atoms with Crippen LogP contribution in [0.4, 0.5) is 4.39 Å². The number of fused-ring (bicyclic) bond motifs is 1. The molecule has 7 heteroatoms. The van der Waals surface area contributed by atoms with Gasteiger partial charge in [-0.05, 0) is 37.0 Å². The number of hydrogen-bond acceptors (Lipinski definition) is 5.